The van der Waals surface area contributed by atoms with Crippen LogP contribution in [0.5, 0.6) is 0 Å². The molecule has 4 aliphatic carbocycles. The maximum absolute atomic E-state index is 11.8. The molecule has 0 aliphatic heterocycles. The predicted octanol–water partition coefficient (Wildman–Crippen LogP) is 1.29. The third-order valence-electron chi connectivity index (χ3n) is 9.23. The number of carbonyl (C=O) groups is 1. The molecule has 26 heavy (non-hydrogen) atoms. The van der Waals surface area contributed by atoms with Crippen LogP contribution in [-0.2, 0) is 4.79 Å². The molecule has 0 saturated heterocycles. The van der Waals surface area contributed by atoms with Crippen molar-refractivity contribution in [2.75, 3.05) is 6.61 Å². The molecular formula is C20H32O6. The van der Waals surface area contributed by atoms with E-state index in [1.54, 1.807) is 0 Å². The summed E-state index contributed by atoms with van der Waals surface area (Å²) in [5, 5.41) is 53.3. The monoisotopic (exact) mass is 368 g/mol. The van der Waals surface area contributed by atoms with E-state index in [4.69, 9.17) is 0 Å². The largest absolute Gasteiger partial charge is 0.481 e. The molecular weight excluding hydrogens is 336 g/mol. The van der Waals surface area contributed by atoms with Gasteiger partial charge in [0.2, 0.25) is 0 Å². The fourth-order valence-electron chi connectivity index (χ4n) is 7.73. The molecule has 0 aromatic carbocycles. The molecule has 148 valence electrons. The topological polar surface area (TPSA) is 118 Å². The molecule has 4 rings (SSSR count). The van der Waals surface area contributed by atoms with Crippen molar-refractivity contribution in [2.24, 2.45) is 28.6 Å². The maximum Gasteiger partial charge on any atom is 0.307 e. The van der Waals surface area contributed by atoms with Gasteiger partial charge in [-0.25, -0.2) is 0 Å². The number of carboxylic acid groups (broad SMARTS) is 1. The Balaban J connectivity index is 1.74. The Kier molecular flexibility index (Phi) is 4.06. The molecule has 6 heteroatoms. The van der Waals surface area contributed by atoms with Gasteiger partial charge in [0.15, 0.2) is 0 Å². The quantitative estimate of drug-likeness (QED) is 0.501. The van der Waals surface area contributed by atoms with Crippen LogP contribution in [0.2, 0.25) is 0 Å². The number of fused-ring (bicyclic) bond motifs is 5. The fraction of sp³-hybridized carbons (Fsp3) is 0.950. The van der Waals surface area contributed by atoms with Gasteiger partial charge in [-0.3, -0.25) is 4.79 Å². The van der Waals surface area contributed by atoms with Gasteiger partial charge < -0.3 is 25.5 Å². The summed E-state index contributed by atoms with van der Waals surface area (Å²) in [5.41, 5.74) is -3.51. The lowest BCUT2D eigenvalue weighted by molar-refractivity contribution is -0.270. The second kappa shape index (κ2) is 5.66. The summed E-state index contributed by atoms with van der Waals surface area (Å²) >= 11 is 0. The Labute approximate surface area is 154 Å². The van der Waals surface area contributed by atoms with E-state index < -0.39 is 40.0 Å². The average Bonchev–Trinajstić information content (AvgIpc) is 2.85. The first-order valence-corrected chi connectivity index (χ1v) is 10.1. The molecule has 6 nitrogen and oxygen atoms in total. The predicted molar refractivity (Wildman–Crippen MR) is 93.2 cm³/mol. The van der Waals surface area contributed by atoms with E-state index in [1.807, 2.05) is 6.92 Å². The van der Waals surface area contributed by atoms with E-state index >= 15 is 0 Å². The summed E-state index contributed by atoms with van der Waals surface area (Å²) < 4.78 is 0. The maximum atomic E-state index is 11.8. The van der Waals surface area contributed by atoms with Gasteiger partial charge in [0.1, 0.15) is 0 Å². The number of hydrogen-bond donors (Lipinski definition) is 5. The molecule has 4 saturated carbocycles. The highest BCUT2D eigenvalue weighted by molar-refractivity contribution is 5.72. The van der Waals surface area contributed by atoms with Crippen molar-refractivity contribution < 1.29 is 30.3 Å². The SMILES string of the molecule is CC12CCC3C(CCC4(O)CC(O)CCC34CO)C1(O)CCC2C(=O)O. The van der Waals surface area contributed by atoms with E-state index in [0.717, 1.165) is 0 Å². The Morgan fingerprint density at radius 2 is 1.69 bits per heavy atom. The standard InChI is InChI=1S/C20H32O6/c1-17-6-3-13-14(20(17,26)9-5-15(17)16(23)24)4-8-19(25)10-12(22)2-7-18(13,19)11-21/h12-15,21-22,25-26H,2-11H2,1H3,(H,23,24). The fourth-order valence-corrected chi connectivity index (χ4v) is 7.73. The van der Waals surface area contributed by atoms with E-state index in [1.165, 1.54) is 0 Å². The Bertz CT molecular complexity index is 609. The van der Waals surface area contributed by atoms with Crippen LogP contribution < -0.4 is 0 Å². The van der Waals surface area contributed by atoms with Crippen molar-refractivity contribution in [3.8, 4) is 0 Å². The lowest BCUT2D eigenvalue weighted by Crippen LogP contribution is -2.69. The van der Waals surface area contributed by atoms with E-state index in [2.05, 4.69) is 0 Å². The summed E-state index contributed by atoms with van der Waals surface area (Å²) in [6, 6.07) is 0. The number of aliphatic carboxylic acids is 1. The molecule has 5 N–H and O–H groups in total. The molecule has 4 aliphatic rings. The second-order valence-electron chi connectivity index (χ2n) is 9.80. The van der Waals surface area contributed by atoms with Crippen molar-refractivity contribution in [1.82, 2.24) is 0 Å². The third kappa shape index (κ3) is 2.05. The van der Waals surface area contributed by atoms with Crippen molar-refractivity contribution >= 4 is 5.97 Å². The Hall–Kier alpha value is -0.690. The zero-order chi connectivity index (χ0) is 19.0. The Morgan fingerprint density at radius 1 is 1.00 bits per heavy atom. The molecule has 0 radical (unpaired) electrons. The number of aliphatic hydroxyl groups is 4. The molecule has 8 atom stereocenters. The second-order valence-corrected chi connectivity index (χ2v) is 9.80. The number of carboxylic acids is 1. The molecule has 4 fully saturated rings. The molecule has 0 aromatic rings. The van der Waals surface area contributed by atoms with E-state index in [9.17, 15) is 30.3 Å². The van der Waals surface area contributed by atoms with Crippen molar-refractivity contribution in [1.29, 1.82) is 0 Å². The van der Waals surface area contributed by atoms with Crippen LogP contribution >= 0.6 is 0 Å². The van der Waals surface area contributed by atoms with E-state index in [0.29, 0.717) is 51.4 Å². The molecule has 0 amide bonds. The normalized spacial score (nSPS) is 56.3. The van der Waals surface area contributed by atoms with Crippen LogP contribution in [0.15, 0.2) is 0 Å². The average molecular weight is 368 g/mol. The van der Waals surface area contributed by atoms with E-state index in [-0.39, 0.29) is 24.9 Å². The minimum Gasteiger partial charge on any atom is -0.481 e. The van der Waals surface area contributed by atoms with Gasteiger partial charge in [-0.2, -0.15) is 0 Å². The van der Waals surface area contributed by atoms with Gasteiger partial charge in [-0.1, -0.05) is 6.92 Å². The third-order valence-corrected chi connectivity index (χ3v) is 9.23. The molecule has 0 spiro atoms. The summed E-state index contributed by atoms with van der Waals surface area (Å²) in [7, 11) is 0. The van der Waals surface area contributed by atoms with Gasteiger partial charge in [0, 0.05) is 17.3 Å². The van der Waals surface area contributed by atoms with Crippen molar-refractivity contribution in [3.63, 3.8) is 0 Å². The molecule has 0 aromatic heterocycles. The minimum absolute atomic E-state index is 0.0376. The van der Waals surface area contributed by atoms with Gasteiger partial charge in [-0.15, -0.1) is 0 Å². The highest BCUT2D eigenvalue weighted by atomic mass is 16.4. The lowest BCUT2D eigenvalue weighted by Gasteiger charge is -2.66. The highest BCUT2D eigenvalue weighted by Crippen LogP contribution is 2.69. The first kappa shape index (κ1) is 18.7. The van der Waals surface area contributed by atoms with Gasteiger partial charge in [0.25, 0.3) is 0 Å². The van der Waals surface area contributed by atoms with Crippen LogP contribution in [0.3, 0.4) is 0 Å². The first-order chi connectivity index (χ1) is 12.1. The Morgan fingerprint density at radius 3 is 2.35 bits per heavy atom. The van der Waals surface area contributed by atoms with Gasteiger partial charge in [0.05, 0.1) is 29.8 Å². The minimum atomic E-state index is -1.10. The van der Waals surface area contributed by atoms with Crippen LogP contribution in [0, 0.1) is 28.6 Å². The highest BCUT2D eigenvalue weighted by Gasteiger charge is 2.71. The molecule has 8 unspecified atom stereocenters. The molecule has 0 bridgehead atoms. The number of aliphatic hydroxyl groups excluding tert-OH is 2. The summed E-state index contributed by atoms with van der Waals surface area (Å²) in [5.74, 6) is -1.50. The zero-order valence-corrected chi connectivity index (χ0v) is 15.5. The van der Waals surface area contributed by atoms with Crippen molar-refractivity contribution in [2.45, 2.75) is 82.0 Å². The number of hydrogen-bond acceptors (Lipinski definition) is 5. The zero-order valence-electron chi connectivity index (χ0n) is 15.5. The van der Waals surface area contributed by atoms with Gasteiger partial charge >= 0.3 is 5.97 Å². The summed E-state index contributed by atoms with van der Waals surface area (Å²) in [6.45, 7) is 1.78. The number of rotatable bonds is 2. The van der Waals surface area contributed by atoms with Crippen LogP contribution in [-0.4, -0.2) is 55.4 Å². The van der Waals surface area contributed by atoms with Gasteiger partial charge in [-0.05, 0) is 63.2 Å². The van der Waals surface area contributed by atoms with Crippen LogP contribution in [0.25, 0.3) is 0 Å². The van der Waals surface area contributed by atoms with Crippen molar-refractivity contribution in [3.05, 3.63) is 0 Å². The first-order valence-electron chi connectivity index (χ1n) is 10.1. The molecule has 0 heterocycles. The summed E-state index contributed by atoms with van der Waals surface area (Å²) in [6.07, 6.45) is 4.19. The summed E-state index contributed by atoms with van der Waals surface area (Å²) in [4.78, 5) is 11.8. The smallest absolute Gasteiger partial charge is 0.307 e. The lowest BCUT2D eigenvalue weighted by atomic mass is 9.41. The van der Waals surface area contributed by atoms with Crippen LogP contribution in [0.4, 0.5) is 0 Å². The van der Waals surface area contributed by atoms with Crippen LogP contribution in [0.1, 0.15) is 64.7 Å².